The Morgan fingerprint density at radius 3 is 2.78 bits per heavy atom. The van der Waals surface area contributed by atoms with E-state index >= 15 is 0 Å². The Labute approximate surface area is 161 Å². The number of esters is 1. The van der Waals surface area contributed by atoms with Crippen LogP contribution in [0.3, 0.4) is 0 Å². The number of ether oxygens (including phenoxy) is 1. The van der Waals surface area contributed by atoms with E-state index in [2.05, 4.69) is 31.3 Å². The van der Waals surface area contributed by atoms with Crippen LogP contribution in [0.5, 0.6) is 0 Å². The van der Waals surface area contributed by atoms with Crippen molar-refractivity contribution in [2.75, 3.05) is 0 Å². The third-order valence-corrected chi connectivity index (χ3v) is 8.15. The van der Waals surface area contributed by atoms with E-state index in [1.807, 2.05) is 0 Å². The van der Waals surface area contributed by atoms with Crippen molar-refractivity contribution in [1.29, 1.82) is 5.26 Å². The van der Waals surface area contributed by atoms with Gasteiger partial charge in [-0.05, 0) is 68.6 Å². The molecular formula is C22H30N2O3. The Kier molecular flexibility index (Phi) is 4.36. The van der Waals surface area contributed by atoms with Crippen LogP contribution < -0.4 is 5.32 Å². The number of carbonyl (C=O) groups excluding carboxylic acids is 2. The van der Waals surface area contributed by atoms with Crippen LogP contribution in [0.25, 0.3) is 0 Å². The maximum absolute atomic E-state index is 12.3. The summed E-state index contributed by atoms with van der Waals surface area (Å²) >= 11 is 0. The van der Waals surface area contributed by atoms with Gasteiger partial charge < -0.3 is 10.1 Å². The fourth-order valence-electron chi connectivity index (χ4n) is 6.71. The molecule has 0 aromatic rings. The number of piperidine rings is 1. The number of allylic oxidation sites excluding steroid dienone is 1. The van der Waals surface area contributed by atoms with Gasteiger partial charge >= 0.3 is 5.97 Å². The van der Waals surface area contributed by atoms with Crippen LogP contribution in [0.4, 0.5) is 0 Å². The van der Waals surface area contributed by atoms with Crippen molar-refractivity contribution in [3.05, 3.63) is 11.6 Å². The quantitative estimate of drug-likeness (QED) is 0.566. The highest BCUT2D eigenvalue weighted by Gasteiger charge is 2.57. The Balaban J connectivity index is 1.60. The van der Waals surface area contributed by atoms with Gasteiger partial charge in [0, 0.05) is 18.9 Å². The number of carbonyl (C=O) groups is 2. The van der Waals surface area contributed by atoms with Gasteiger partial charge in [0.15, 0.2) is 0 Å². The highest BCUT2D eigenvalue weighted by atomic mass is 16.5. The first kappa shape index (κ1) is 18.5. The largest absolute Gasteiger partial charge is 0.462 e. The predicted octanol–water partition coefficient (Wildman–Crippen LogP) is 3.50. The van der Waals surface area contributed by atoms with Gasteiger partial charge in [-0.1, -0.05) is 18.6 Å². The van der Waals surface area contributed by atoms with E-state index in [1.54, 1.807) is 0 Å². The zero-order chi connectivity index (χ0) is 19.4. The first-order valence-electron chi connectivity index (χ1n) is 10.4. The first-order valence-corrected chi connectivity index (χ1v) is 10.4. The number of hydrogen-bond donors (Lipinski definition) is 1. The molecule has 5 nitrogen and oxygen atoms in total. The maximum Gasteiger partial charge on any atom is 0.302 e. The summed E-state index contributed by atoms with van der Waals surface area (Å²) in [6, 6.07) is 2.21. The van der Waals surface area contributed by atoms with E-state index in [1.165, 1.54) is 12.5 Å². The van der Waals surface area contributed by atoms with Crippen molar-refractivity contribution in [2.24, 2.45) is 29.1 Å². The third kappa shape index (κ3) is 2.88. The summed E-state index contributed by atoms with van der Waals surface area (Å²) in [5.41, 5.74) is 1.44. The van der Waals surface area contributed by atoms with E-state index < -0.39 is 5.92 Å². The van der Waals surface area contributed by atoms with Gasteiger partial charge in [-0.3, -0.25) is 9.59 Å². The molecule has 1 saturated heterocycles. The highest BCUT2D eigenvalue weighted by Crippen LogP contribution is 2.61. The molecule has 0 aromatic carbocycles. The van der Waals surface area contributed by atoms with E-state index in [9.17, 15) is 14.9 Å². The lowest BCUT2D eigenvalue weighted by atomic mass is 9.47. The van der Waals surface area contributed by atoms with E-state index in [0.29, 0.717) is 24.2 Å². The molecule has 5 heteroatoms. The second kappa shape index (κ2) is 6.36. The molecule has 146 valence electrons. The monoisotopic (exact) mass is 370 g/mol. The predicted molar refractivity (Wildman–Crippen MR) is 100 cm³/mol. The minimum atomic E-state index is -0.514. The molecule has 0 aromatic heterocycles. The van der Waals surface area contributed by atoms with Gasteiger partial charge in [-0.25, -0.2) is 0 Å². The molecule has 0 radical (unpaired) electrons. The molecule has 0 bridgehead atoms. The zero-order valence-corrected chi connectivity index (χ0v) is 16.6. The van der Waals surface area contributed by atoms with Gasteiger partial charge in [0.25, 0.3) is 0 Å². The molecule has 4 rings (SSSR count). The molecule has 1 heterocycles. The Hall–Kier alpha value is -1.83. The maximum atomic E-state index is 12.3. The smallest absolute Gasteiger partial charge is 0.302 e. The van der Waals surface area contributed by atoms with Crippen LogP contribution in [0.1, 0.15) is 65.7 Å². The lowest BCUT2D eigenvalue weighted by Gasteiger charge is -2.60. The summed E-state index contributed by atoms with van der Waals surface area (Å²) in [6.07, 6.45) is 9.04. The van der Waals surface area contributed by atoms with Crippen LogP contribution in [-0.2, 0) is 14.3 Å². The highest BCUT2D eigenvalue weighted by molar-refractivity contribution is 5.82. The fourth-order valence-corrected chi connectivity index (χ4v) is 6.71. The molecule has 3 aliphatic carbocycles. The number of amides is 1. The molecule has 27 heavy (non-hydrogen) atoms. The molecular weight excluding hydrogens is 340 g/mol. The molecule has 1 amide bonds. The lowest BCUT2D eigenvalue weighted by molar-refractivity contribution is -0.149. The van der Waals surface area contributed by atoms with Crippen molar-refractivity contribution in [3.63, 3.8) is 0 Å². The van der Waals surface area contributed by atoms with Gasteiger partial charge in [0.1, 0.15) is 12.0 Å². The summed E-state index contributed by atoms with van der Waals surface area (Å²) < 4.78 is 5.50. The normalized spacial score (nSPS) is 45.9. The molecule has 1 N–H and O–H groups in total. The van der Waals surface area contributed by atoms with Crippen molar-refractivity contribution in [1.82, 2.24) is 5.32 Å². The zero-order valence-electron chi connectivity index (χ0n) is 16.6. The van der Waals surface area contributed by atoms with Crippen LogP contribution in [0.15, 0.2) is 11.6 Å². The SMILES string of the molecule is CC(=O)O[C@H]1CC[C@@]2(C)C(=CC[C@@H]3[C@@H]2CC[C@]2(C)NC(=O)[C@@H](C#N)C[C@@H]32)C1. The van der Waals surface area contributed by atoms with Crippen LogP contribution >= 0.6 is 0 Å². The average Bonchev–Trinajstić information content (AvgIpc) is 2.60. The van der Waals surface area contributed by atoms with Crippen molar-refractivity contribution in [3.8, 4) is 6.07 Å². The molecule has 0 unspecified atom stereocenters. The average molecular weight is 370 g/mol. The van der Waals surface area contributed by atoms with Gasteiger partial charge in [0.2, 0.25) is 5.91 Å². The van der Waals surface area contributed by atoms with Crippen molar-refractivity contribution < 1.29 is 14.3 Å². The first-order chi connectivity index (χ1) is 12.8. The number of nitriles is 1. The Bertz CT molecular complexity index is 738. The van der Waals surface area contributed by atoms with Crippen molar-refractivity contribution in [2.45, 2.75) is 77.4 Å². The summed E-state index contributed by atoms with van der Waals surface area (Å²) in [5, 5.41) is 12.6. The minimum absolute atomic E-state index is 0.0177. The van der Waals surface area contributed by atoms with E-state index in [4.69, 9.17) is 4.74 Å². The fraction of sp³-hybridized carbons (Fsp3) is 0.773. The number of fused-ring (bicyclic) bond motifs is 5. The van der Waals surface area contributed by atoms with Crippen LogP contribution in [0, 0.1) is 40.4 Å². The minimum Gasteiger partial charge on any atom is -0.462 e. The molecule has 4 aliphatic rings. The van der Waals surface area contributed by atoms with Crippen LogP contribution in [-0.4, -0.2) is 23.5 Å². The number of rotatable bonds is 1. The summed E-state index contributed by atoms with van der Waals surface area (Å²) in [6.45, 7) is 6.06. The molecule has 1 aliphatic heterocycles. The number of hydrogen-bond acceptors (Lipinski definition) is 4. The van der Waals surface area contributed by atoms with Gasteiger partial charge in [0.05, 0.1) is 6.07 Å². The van der Waals surface area contributed by atoms with Gasteiger partial charge in [-0.15, -0.1) is 0 Å². The topological polar surface area (TPSA) is 79.2 Å². The molecule has 0 spiro atoms. The van der Waals surface area contributed by atoms with E-state index in [-0.39, 0.29) is 28.9 Å². The summed E-state index contributed by atoms with van der Waals surface area (Å²) in [5.74, 6) is 0.670. The van der Waals surface area contributed by atoms with Crippen molar-refractivity contribution >= 4 is 11.9 Å². The Morgan fingerprint density at radius 2 is 2.07 bits per heavy atom. The van der Waals surface area contributed by atoms with Gasteiger partial charge in [-0.2, -0.15) is 5.26 Å². The number of nitrogens with zero attached hydrogens (tertiary/aromatic N) is 1. The standard InChI is InChI=1S/C22H30N2O3/c1-13(25)27-16-6-8-21(2)15(11-16)4-5-17-18(21)7-9-22(3)19(17)10-14(12-23)20(26)24-22/h4,14,16-19H,5-11H2,1-3H3,(H,24,26)/t14-,16+,17-,18+,19+,21+,22+/m1/s1. The lowest BCUT2D eigenvalue weighted by Crippen LogP contribution is -2.64. The second-order valence-electron chi connectivity index (χ2n) is 9.60. The van der Waals surface area contributed by atoms with Crippen LogP contribution in [0.2, 0.25) is 0 Å². The molecule has 3 fully saturated rings. The number of nitrogens with one attached hydrogen (secondary N) is 1. The summed E-state index contributed by atoms with van der Waals surface area (Å²) in [4.78, 5) is 23.6. The molecule has 2 saturated carbocycles. The van der Waals surface area contributed by atoms with E-state index in [0.717, 1.165) is 38.5 Å². The third-order valence-electron chi connectivity index (χ3n) is 8.15. The Morgan fingerprint density at radius 1 is 1.30 bits per heavy atom. The molecule has 7 atom stereocenters. The summed E-state index contributed by atoms with van der Waals surface area (Å²) in [7, 11) is 0. The second-order valence-corrected chi connectivity index (χ2v) is 9.60.